The van der Waals surface area contributed by atoms with E-state index in [4.69, 9.17) is 4.74 Å². The third-order valence-electron chi connectivity index (χ3n) is 5.37. The van der Waals surface area contributed by atoms with E-state index in [1.807, 2.05) is 32.9 Å². The Balaban J connectivity index is 1.58. The number of carbonyl (C=O) groups is 2. The summed E-state index contributed by atoms with van der Waals surface area (Å²) in [6, 6.07) is 8.68. The molecule has 3 rings (SSSR count). The molecule has 0 N–H and O–H groups in total. The van der Waals surface area contributed by atoms with Crippen LogP contribution in [0.2, 0.25) is 0 Å². The number of likely N-dealkylation sites (tertiary alicyclic amines) is 1. The monoisotopic (exact) mass is 372 g/mol. The quantitative estimate of drug-likeness (QED) is 0.798. The van der Waals surface area contributed by atoms with Crippen LogP contribution in [0.25, 0.3) is 0 Å². The number of piperidine rings is 1. The molecule has 1 heterocycles. The zero-order valence-corrected chi connectivity index (χ0v) is 17.0. The number of ether oxygens (including phenoxy) is 1. The van der Waals surface area contributed by atoms with Gasteiger partial charge >= 0.3 is 6.09 Å². The van der Waals surface area contributed by atoms with Gasteiger partial charge in [-0.2, -0.15) is 0 Å². The van der Waals surface area contributed by atoms with Crippen LogP contribution in [0.15, 0.2) is 24.3 Å². The molecule has 0 aromatic heterocycles. The number of amides is 2. The summed E-state index contributed by atoms with van der Waals surface area (Å²) in [5.74, 6) is 0.262. The minimum absolute atomic E-state index is 0.00769. The molecule has 0 radical (unpaired) electrons. The molecule has 2 amide bonds. The third-order valence-corrected chi connectivity index (χ3v) is 5.37. The first-order valence-electron chi connectivity index (χ1n) is 10.1. The third kappa shape index (κ3) is 5.24. The van der Waals surface area contributed by atoms with Crippen molar-refractivity contribution < 1.29 is 14.3 Å². The molecule has 0 bridgehead atoms. The predicted octanol–water partition coefficient (Wildman–Crippen LogP) is 4.13. The van der Waals surface area contributed by atoms with Crippen molar-refractivity contribution in [3.05, 3.63) is 35.4 Å². The number of carbonyl (C=O) groups excluding carboxylic acids is 2. The Morgan fingerprint density at radius 2 is 1.74 bits per heavy atom. The van der Waals surface area contributed by atoms with Crippen LogP contribution in [-0.4, -0.2) is 46.5 Å². The van der Waals surface area contributed by atoms with Crippen LogP contribution < -0.4 is 0 Å². The van der Waals surface area contributed by atoms with E-state index >= 15 is 0 Å². The van der Waals surface area contributed by atoms with Gasteiger partial charge in [0.1, 0.15) is 5.60 Å². The first-order valence-corrected chi connectivity index (χ1v) is 10.1. The Bertz CT molecular complexity index is 683. The predicted molar refractivity (Wildman–Crippen MR) is 105 cm³/mol. The molecule has 5 heteroatoms. The fourth-order valence-electron chi connectivity index (χ4n) is 3.61. The van der Waals surface area contributed by atoms with Crippen LogP contribution in [0, 0.1) is 12.8 Å². The lowest BCUT2D eigenvalue weighted by atomic mass is 9.95. The highest BCUT2D eigenvalue weighted by molar-refractivity contribution is 5.80. The molecule has 5 nitrogen and oxygen atoms in total. The van der Waals surface area contributed by atoms with Crippen molar-refractivity contribution in [1.82, 2.24) is 9.80 Å². The minimum Gasteiger partial charge on any atom is -0.444 e. The maximum absolute atomic E-state index is 13.2. The number of hydrogen-bond donors (Lipinski definition) is 0. The molecule has 1 aromatic rings. The molecule has 2 fully saturated rings. The SMILES string of the molecule is Cc1ccccc1CN(C(=O)C1CCN(C(=O)OC(C)(C)C)CC1)C1CC1. The van der Waals surface area contributed by atoms with E-state index in [2.05, 4.69) is 24.0 Å². The van der Waals surface area contributed by atoms with Crippen molar-refractivity contribution in [3.8, 4) is 0 Å². The molecule has 0 unspecified atom stereocenters. The molecule has 0 spiro atoms. The van der Waals surface area contributed by atoms with E-state index in [-0.39, 0.29) is 17.9 Å². The van der Waals surface area contributed by atoms with Crippen molar-refractivity contribution in [3.63, 3.8) is 0 Å². The van der Waals surface area contributed by atoms with Gasteiger partial charge in [0.25, 0.3) is 0 Å². The Labute approximate surface area is 162 Å². The average molecular weight is 373 g/mol. The molecule has 1 aliphatic heterocycles. The van der Waals surface area contributed by atoms with Crippen molar-refractivity contribution >= 4 is 12.0 Å². The van der Waals surface area contributed by atoms with E-state index in [0.717, 1.165) is 25.7 Å². The largest absolute Gasteiger partial charge is 0.444 e. The molecule has 148 valence electrons. The standard InChI is InChI=1S/C22H32N2O3/c1-16-7-5-6-8-18(16)15-24(19-9-10-19)20(25)17-11-13-23(14-12-17)21(26)27-22(2,3)4/h5-8,17,19H,9-15H2,1-4H3. The first kappa shape index (κ1) is 19.7. The van der Waals surface area contributed by atoms with Gasteiger partial charge in [-0.05, 0) is 64.5 Å². The number of benzene rings is 1. The van der Waals surface area contributed by atoms with Crippen LogP contribution >= 0.6 is 0 Å². The highest BCUT2D eigenvalue weighted by atomic mass is 16.6. The van der Waals surface area contributed by atoms with Gasteiger partial charge in [0, 0.05) is 31.6 Å². The lowest BCUT2D eigenvalue weighted by molar-refractivity contribution is -0.138. The topological polar surface area (TPSA) is 49.9 Å². The summed E-state index contributed by atoms with van der Waals surface area (Å²) < 4.78 is 5.45. The van der Waals surface area contributed by atoms with Gasteiger partial charge < -0.3 is 14.5 Å². The number of hydrogen-bond acceptors (Lipinski definition) is 3. The van der Waals surface area contributed by atoms with E-state index in [1.54, 1.807) is 4.90 Å². The Kier molecular flexibility index (Phi) is 5.78. The van der Waals surface area contributed by atoms with Crippen molar-refractivity contribution in [1.29, 1.82) is 0 Å². The first-order chi connectivity index (χ1) is 12.7. The summed E-state index contributed by atoms with van der Waals surface area (Å²) in [6.07, 6.45) is 3.37. The number of aryl methyl sites for hydroxylation is 1. The molecule has 1 saturated carbocycles. The van der Waals surface area contributed by atoms with Crippen LogP contribution in [0.1, 0.15) is 57.6 Å². The molecular formula is C22H32N2O3. The smallest absolute Gasteiger partial charge is 0.410 e. The molecule has 1 saturated heterocycles. The Morgan fingerprint density at radius 1 is 1.11 bits per heavy atom. The maximum atomic E-state index is 13.2. The molecule has 0 atom stereocenters. The number of nitrogens with zero attached hydrogens (tertiary/aromatic N) is 2. The Morgan fingerprint density at radius 3 is 2.30 bits per heavy atom. The summed E-state index contributed by atoms with van der Waals surface area (Å²) in [5, 5.41) is 0. The molecular weight excluding hydrogens is 340 g/mol. The van der Waals surface area contributed by atoms with Gasteiger partial charge in [0.05, 0.1) is 0 Å². The lowest BCUT2D eigenvalue weighted by Crippen LogP contribution is -2.46. The van der Waals surface area contributed by atoms with Crippen LogP contribution in [-0.2, 0) is 16.1 Å². The van der Waals surface area contributed by atoms with Gasteiger partial charge in [-0.15, -0.1) is 0 Å². The highest BCUT2D eigenvalue weighted by Gasteiger charge is 2.38. The van der Waals surface area contributed by atoms with E-state index < -0.39 is 5.60 Å². The normalized spacial score (nSPS) is 18.3. The van der Waals surface area contributed by atoms with E-state index in [0.29, 0.717) is 25.7 Å². The highest BCUT2D eigenvalue weighted by Crippen LogP contribution is 2.32. The summed E-state index contributed by atoms with van der Waals surface area (Å²) in [5.41, 5.74) is 1.97. The average Bonchev–Trinajstić information content (AvgIpc) is 3.44. The fourth-order valence-corrected chi connectivity index (χ4v) is 3.61. The molecule has 1 aromatic carbocycles. The lowest BCUT2D eigenvalue weighted by Gasteiger charge is -2.35. The van der Waals surface area contributed by atoms with E-state index in [1.165, 1.54) is 11.1 Å². The zero-order valence-electron chi connectivity index (χ0n) is 17.0. The van der Waals surface area contributed by atoms with Crippen molar-refractivity contribution in [2.45, 2.75) is 71.6 Å². The summed E-state index contributed by atoms with van der Waals surface area (Å²) >= 11 is 0. The molecule has 27 heavy (non-hydrogen) atoms. The minimum atomic E-state index is -0.486. The summed E-state index contributed by atoms with van der Waals surface area (Å²) in [7, 11) is 0. The van der Waals surface area contributed by atoms with Crippen LogP contribution in [0.3, 0.4) is 0 Å². The second kappa shape index (κ2) is 7.91. The van der Waals surface area contributed by atoms with Gasteiger partial charge in [0.2, 0.25) is 5.91 Å². The summed E-state index contributed by atoms with van der Waals surface area (Å²) in [4.78, 5) is 29.2. The van der Waals surface area contributed by atoms with Gasteiger partial charge in [-0.1, -0.05) is 24.3 Å². The van der Waals surface area contributed by atoms with Gasteiger partial charge in [-0.3, -0.25) is 4.79 Å². The van der Waals surface area contributed by atoms with Crippen molar-refractivity contribution in [2.75, 3.05) is 13.1 Å². The molecule has 1 aliphatic carbocycles. The Hall–Kier alpha value is -2.04. The maximum Gasteiger partial charge on any atom is 0.410 e. The second-order valence-electron chi connectivity index (χ2n) is 8.87. The number of rotatable bonds is 4. The van der Waals surface area contributed by atoms with Crippen molar-refractivity contribution in [2.24, 2.45) is 5.92 Å². The van der Waals surface area contributed by atoms with Gasteiger partial charge in [-0.25, -0.2) is 4.79 Å². The van der Waals surface area contributed by atoms with Crippen LogP contribution in [0.5, 0.6) is 0 Å². The van der Waals surface area contributed by atoms with Crippen LogP contribution in [0.4, 0.5) is 4.79 Å². The molecule has 2 aliphatic rings. The second-order valence-corrected chi connectivity index (χ2v) is 8.87. The van der Waals surface area contributed by atoms with E-state index in [9.17, 15) is 9.59 Å². The fraction of sp³-hybridized carbons (Fsp3) is 0.636. The summed E-state index contributed by atoms with van der Waals surface area (Å²) in [6.45, 7) is 9.61. The van der Waals surface area contributed by atoms with Gasteiger partial charge in [0.15, 0.2) is 0 Å². The zero-order chi connectivity index (χ0) is 19.6.